The van der Waals surface area contributed by atoms with Gasteiger partial charge in [-0.1, -0.05) is 33.6 Å². The van der Waals surface area contributed by atoms with E-state index in [-0.39, 0.29) is 6.10 Å². The predicted molar refractivity (Wildman–Crippen MR) is 93.0 cm³/mol. The Kier molecular flexibility index (Phi) is 5.07. The van der Waals surface area contributed by atoms with E-state index in [4.69, 9.17) is 21.1 Å². The van der Waals surface area contributed by atoms with Crippen molar-refractivity contribution in [1.29, 1.82) is 0 Å². The van der Waals surface area contributed by atoms with Crippen molar-refractivity contribution < 1.29 is 9.47 Å². The second-order valence-electron chi connectivity index (χ2n) is 5.60. The molecular weight excluding hydrogens is 364 g/mol. The Hall–Kier alpha value is -1.03. The Balaban J connectivity index is 1.75. The van der Waals surface area contributed by atoms with Crippen LogP contribution >= 0.6 is 27.5 Å². The van der Waals surface area contributed by atoms with Gasteiger partial charge in [0.1, 0.15) is 11.9 Å². The molecule has 1 atom stereocenters. The normalized spacial score (nSPS) is 17.7. The molecule has 1 aliphatic rings. The molecule has 0 N–H and O–H groups in total. The molecule has 2 nitrogen and oxygen atoms in total. The molecule has 1 aliphatic heterocycles. The van der Waals surface area contributed by atoms with Gasteiger partial charge in [-0.05, 0) is 60.4 Å². The number of hydrogen-bond acceptors (Lipinski definition) is 2. The van der Waals surface area contributed by atoms with E-state index in [1.165, 1.54) is 11.1 Å². The van der Waals surface area contributed by atoms with Crippen molar-refractivity contribution in [3.8, 4) is 5.75 Å². The van der Waals surface area contributed by atoms with Gasteiger partial charge < -0.3 is 9.47 Å². The van der Waals surface area contributed by atoms with E-state index < -0.39 is 0 Å². The second-order valence-corrected chi connectivity index (χ2v) is 6.93. The Morgan fingerprint density at radius 3 is 2.82 bits per heavy atom. The first-order valence-electron chi connectivity index (χ1n) is 7.39. The summed E-state index contributed by atoms with van der Waals surface area (Å²) < 4.78 is 12.3. The highest BCUT2D eigenvalue weighted by atomic mass is 79.9. The van der Waals surface area contributed by atoms with Crippen LogP contribution in [-0.4, -0.2) is 19.3 Å². The number of aryl methyl sites for hydroxylation is 1. The summed E-state index contributed by atoms with van der Waals surface area (Å²) in [6.45, 7) is 3.59. The molecule has 0 aliphatic carbocycles. The van der Waals surface area contributed by atoms with Gasteiger partial charge in [0.2, 0.25) is 0 Å². The van der Waals surface area contributed by atoms with Crippen LogP contribution in [0.25, 0.3) is 0 Å². The zero-order valence-electron chi connectivity index (χ0n) is 12.4. The van der Waals surface area contributed by atoms with Gasteiger partial charge in [0.05, 0.1) is 13.2 Å². The van der Waals surface area contributed by atoms with Crippen molar-refractivity contribution in [2.45, 2.75) is 25.9 Å². The van der Waals surface area contributed by atoms with Gasteiger partial charge >= 0.3 is 0 Å². The van der Waals surface area contributed by atoms with Crippen LogP contribution in [0.2, 0.25) is 5.02 Å². The maximum Gasteiger partial charge on any atom is 0.124 e. The lowest BCUT2D eigenvalue weighted by Crippen LogP contribution is -2.15. The molecule has 0 bridgehead atoms. The minimum Gasteiger partial charge on any atom is -0.488 e. The van der Waals surface area contributed by atoms with E-state index in [0.29, 0.717) is 6.61 Å². The summed E-state index contributed by atoms with van der Waals surface area (Å²) in [7, 11) is 0. The number of ether oxygens (including phenoxy) is 2. The topological polar surface area (TPSA) is 18.5 Å². The van der Waals surface area contributed by atoms with Crippen molar-refractivity contribution in [2.75, 3.05) is 13.2 Å². The molecule has 0 radical (unpaired) electrons. The summed E-state index contributed by atoms with van der Waals surface area (Å²) in [5, 5.41) is 0.797. The lowest BCUT2D eigenvalue weighted by Gasteiger charge is -2.14. The molecule has 0 aromatic heterocycles. The molecular formula is C18H18BrClO2. The maximum atomic E-state index is 6.28. The van der Waals surface area contributed by atoms with Crippen LogP contribution in [-0.2, 0) is 11.2 Å². The minimum atomic E-state index is 0.185. The Morgan fingerprint density at radius 1 is 1.23 bits per heavy atom. The molecule has 0 spiro atoms. The third-order valence-electron chi connectivity index (χ3n) is 3.89. The van der Waals surface area contributed by atoms with Crippen LogP contribution in [0.4, 0.5) is 0 Å². The van der Waals surface area contributed by atoms with Crippen LogP contribution in [0.3, 0.4) is 0 Å². The average molecular weight is 382 g/mol. The van der Waals surface area contributed by atoms with Gasteiger partial charge in [-0.25, -0.2) is 0 Å². The zero-order chi connectivity index (χ0) is 15.5. The molecule has 1 heterocycles. The first kappa shape index (κ1) is 15.9. The SMILES string of the molecule is Cc1cc(O[C@H]2CCOC2)ccc1Cc1cc(Br)ccc1Cl. The molecule has 1 fully saturated rings. The average Bonchev–Trinajstić information content (AvgIpc) is 2.98. The van der Waals surface area contributed by atoms with Gasteiger partial charge in [-0.2, -0.15) is 0 Å². The number of rotatable bonds is 4. The summed E-state index contributed by atoms with van der Waals surface area (Å²) >= 11 is 9.78. The molecule has 0 unspecified atom stereocenters. The van der Waals surface area contributed by atoms with E-state index in [9.17, 15) is 0 Å². The molecule has 2 aromatic rings. The molecule has 0 amide bonds. The molecule has 116 valence electrons. The van der Waals surface area contributed by atoms with Crippen molar-refractivity contribution in [3.63, 3.8) is 0 Å². The summed E-state index contributed by atoms with van der Waals surface area (Å²) in [4.78, 5) is 0. The summed E-state index contributed by atoms with van der Waals surface area (Å²) in [6.07, 6.45) is 1.97. The fourth-order valence-corrected chi connectivity index (χ4v) is 3.22. The zero-order valence-corrected chi connectivity index (χ0v) is 14.8. The van der Waals surface area contributed by atoms with E-state index in [1.54, 1.807) is 0 Å². The van der Waals surface area contributed by atoms with Crippen LogP contribution in [0.15, 0.2) is 40.9 Å². The largest absolute Gasteiger partial charge is 0.488 e. The first-order chi connectivity index (χ1) is 10.6. The number of halogens is 2. The van der Waals surface area contributed by atoms with Crippen molar-refractivity contribution in [2.24, 2.45) is 0 Å². The molecule has 3 rings (SSSR count). The first-order valence-corrected chi connectivity index (χ1v) is 8.57. The Labute approximate surface area is 144 Å². The van der Waals surface area contributed by atoms with Crippen molar-refractivity contribution >= 4 is 27.5 Å². The quantitative estimate of drug-likeness (QED) is 0.727. The molecule has 4 heteroatoms. The molecule has 1 saturated heterocycles. The van der Waals surface area contributed by atoms with E-state index in [1.807, 2.05) is 18.2 Å². The summed E-state index contributed by atoms with van der Waals surface area (Å²) in [5.41, 5.74) is 3.60. The molecule has 0 saturated carbocycles. The van der Waals surface area contributed by atoms with Gasteiger partial charge in [0.25, 0.3) is 0 Å². The summed E-state index contributed by atoms with van der Waals surface area (Å²) in [6, 6.07) is 12.2. The number of benzene rings is 2. The second kappa shape index (κ2) is 7.03. The monoisotopic (exact) mass is 380 g/mol. The van der Waals surface area contributed by atoms with Gasteiger partial charge in [-0.3, -0.25) is 0 Å². The highest BCUT2D eigenvalue weighted by Gasteiger charge is 2.17. The van der Waals surface area contributed by atoms with Crippen LogP contribution in [0.5, 0.6) is 5.75 Å². The third kappa shape index (κ3) is 3.83. The third-order valence-corrected chi connectivity index (χ3v) is 4.76. The summed E-state index contributed by atoms with van der Waals surface area (Å²) in [5.74, 6) is 0.914. The molecule has 22 heavy (non-hydrogen) atoms. The minimum absolute atomic E-state index is 0.185. The van der Waals surface area contributed by atoms with Gasteiger partial charge in [-0.15, -0.1) is 0 Å². The van der Waals surface area contributed by atoms with Crippen molar-refractivity contribution in [3.05, 3.63) is 62.6 Å². The smallest absolute Gasteiger partial charge is 0.124 e. The Morgan fingerprint density at radius 2 is 2.09 bits per heavy atom. The van der Waals surface area contributed by atoms with Gasteiger partial charge in [0, 0.05) is 15.9 Å². The van der Waals surface area contributed by atoms with Crippen molar-refractivity contribution in [1.82, 2.24) is 0 Å². The van der Waals surface area contributed by atoms with Crippen LogP contribution in [0.1, 0.15) is 23.1 Å². The van der Waals surface area contributed by atoms with Crippen LogP contribution < -0.4 is 4.74 Å². The lowest BCUT2D eigenvalue weighted by atomic mass is 10.0. The maximum absolute atomic E-state index is 6.28. The highest BCUT2D eigenvalue weighted by Crippen LogP contribution is 2.27. The fraction of sp³-hybridized carbons (Fsp3) is 0.333. The standard InChI is InChI=1S/C18H18BrClO2/c1-12-8-16(22-17-6-7-21-11-17)4-2-13(12)9-14-10-15(19)3-5-18(14)20/h2-5,8,10,17H,6-7,9,11H2,1H3/t17-/m0/s1. The van der Waals surface area contributed by atoms with Gasteiger partial charge in [0.15, 0.2) is 0 Å². The van der Waals surface area contributed by atoms with Crippen LogP contribution in [0, 0.1) is 6.92 Å². The predicted octanol–water partition coefficient (Wildman–Crippen LogP) is 5.17. The lowest BCUT2D eigenvalue weighted by molar-refractivity contribution is 0.141. The van der Waals surface area contributed by atoms with E-state index in [2.05, 4.69) is 41.1 Å². The number of hydrogen-bond donors (Lipinski definition) is 0. The Bertz CT molecular complexity index is 666. The fourth-order valence-electron chi connectivity index (χ4n) is 2.62. The van der Waals surface area contributed by atoms with E-state index >= 15 is 0 Å². The molecule has 2 aromatic carbocycles. The van der Waals surface area contributed by atoms with E-state index in [0.717, 1.165) is 40.3 Å². The highest BCUT2D eigenvalue weighted by molar-refractivity contribution is 9.10.